The second kappa shape index (κ2) is 5.62. The van der Waals surface area contributed by atoms with Gasteiger partial charge in [0.05, 0.1) is 11.4 Å². The van der Waals surface area contributed by atoms with Crippen LogP contribution in [0.4, 0.5) is 0 Å². The number of carboxylic acids is 1. The fraction of sp³-hybridized carbons (Fsp3) is 0.400. The fourth-order valence-corrected chi connectivity index (χ4v) is 2.23. The summed E-state index contributed by atoms with van der Waals surface area (Å²) < 4.78 is 0. The van der Waals surface area contributed by atoms with Gasteiger partial charge in [0.1, 0.15) is 16.4 Å². The van der Waals surface area contributed by atoms with E-state index >= 15 is 0 Å². The normalized spacial score (nSPS) is 10.1. The van der Waals surface area contributed by atoms with Crippen LogP contribution in [0.15, 0.2) is 5.03 Å². The molecule has 0 radical (unpaired) electrons. The number of thioether (sulfide) groups is 1. The Hall–Kier alpha value is -1.63. The van der Waals surface area contributed by atoms with E-state index in [0.717, 1.165) is 11.8 Å². The molecule has 17 heavy (non-hydrogen) atoms. The maximum Gasteiger partial charge on any atom is 0.340 e. The summed E-state index contributed by atoms with van der Waals surface area (Å²) in [6, 6.07) is 0. The molecule has 1 aromatic heterocycles. The van der Waals surface area contributed by atoms with Crippen LogP contribution in [0.3, 0.4) is 0 Å². The Morgan fingerprint density at radius 2 is 2.00 bits per heavy atom. The van der Waals surface area contributed by atoms with Gasteiger partial charge in [-0.1, -0.05) is 11.8 Å². The van der Waals surface area contributed by atoms with E-state index in [1.165, 1.54) is 7.05 Å². The number of carbonyl (C=O) groups excluding carboxylic acids is 1. The summed E-state index contributed by atoms with van der Waals surface area (Å²) in [4.78, 5) is 30.2. The second-order valence-electron chi connectivity index (χ2n) is 3.30. The zero-order valence-corrected chi connectivity index (χ0v) is 10.6. The van der Waals surface area contributed by atoms with Crippen molar-refractivity contribution in [3.63, 3.8) is 0 Å². The predicted molar refractivity (Wildman–Crippen MR) is 63.3 cm³/mol. The first-order valence-corrected chi connectivity index (χ1v) is 5.86. The first-order valence-electron chi connectivity index (χ1n) is 4.87. The molecule has 0 bridgehead atoms. The molecule has 0 aliphatic heterocycles. The van der Waals surface area contributed by atoms with Gasteiger partial charge in [-0.05, 0) is 13.8 Å². The smallest absolute Gasteiger partial charge is 0.340 e. The number of hydrogen-bond acceptors (Lipinski definition) is 5. The lowest BCUT2D eigenvalue weighted by molar-refractivity contribution is -0.118. The number of aromatic nitrogens is 2. The highest BCUT2D eigenvalue weighted by Crippen LogP contribution is 2.22. The zero-order valence-electron chi connectivity index (χ0n) is 9.77. The lowest BCUT2D eigenvalue weighted by atomic mass is 10.2. The molecule has 0 fully saturated rings. The van der Waals surface area contributed by atoms with Crippen molar-refractivity contribution in [2.75, 3.05) is 12.8 Å². The highest BCUT2D eigenvalue weighted by Gasteiger charge is 2.18. The molecular formula is C10H13N3O3S. The van der Waals surface area contributed by atoms with E-state index in [0.29, 0.717) is 16.5 Å². The number of rotatable bonds is 4. The van der Waals surface area contributed by atoms with Crippen LogP contribution in [-0.2, 0) is 4.79 Å². The van der Waals surface area contributed by atoms with Crippen molar-refractivity contribution < 1.29 is 14.7 Å². The molecule has 92 valence electrons. The van der Waals surface area contributed by atoms with Gasteiger partial charge in [-0.2, -0.15) is 0 Å². The number of nitrogens with one attached hydrogen (secondary N) is 1. The summed E-state index contributed by atoms with van der Waals surface area (Å²) in [5.74, 6) is -0.638. The third kappa shape index (κ3) is 3.42. The van der Waals surface area contributed by atoms with Crippen LogP contribution in [0.2, 0.25) is 0 Å². The number of aromatic carboxylic acids is 1. The number of carbonyl (C=O) groups is 2. The van der Waals surface area contributed by atoms with Crippen LogP contribution in [0.25, 0.3) is 0 Å². The Balaban J connectivity index is 3.04. The lowest BCUT2D eigenvalue weighted by Gasteiger charge is -2.07. The number of aryl methyl sites for hydroxylation is 2. The van der Waals surface area contributed by atoms with Crippen molar-refractivity contribution in [2.24, 2.45) is 0 Å². The first kappa shape index (κ1) is 13.4. The molecule has 2 N–H and O–H groups in total. The molecule has 0 aromatic carbocycles. The van der Waals surface area contributed by atoms with Gasteiger partial charge < -0.3 is 10.4 Å². The minimum atomic E-state index is -1.08. The Bertz CT molecular complexity index is 462. The topological polar surface area (TPSA) is 92.2 Å². The molecule has 1 aromatic rings. The van der Waals surface area contributed by atoms with E-state index in [4.69, 9.17) is 5.11 Å². The molecule has 0 spiro atoms. The molecule has 6 nitrogen and oxygen atoms in total. The van der Waals surface area contributed by atoms with Gasteiger partial charge in [-0.3, -0.25) is 4.79 Å². The van der Waals surface area contributed by atoms with Crippen molar-refractivity contribution in [3.8, 4) is 0 Å². The molecule has 1 amide bonds. The SMILES string of the molecule is CNC(=O)CSc1nc(C)nc(C)c1C(=O)O. The number of amides is 1. The molecular weight excluding hydrogens is 242 g/mol. The van der Waals surface area contributed by atoms with E-state index in [2.05, 4.69) is 15.3 Å². The van der Waals surface area contributed by atoms with Gasteiger partial charge in [0.2, 0.25) is 5.91 Å². The highest BCUT2D eigenvalue weighted by molar-refractivity contribution is 8.00. The quantitative estimate of drug-likeness (QED) is 0.605. The van der Waals surface area contributed by atoms with E-state index in [1.54, 1.807) is 13.8 Å². The van der Waals surface area contributed by atoms with E-state index in [-0.39, 0.29) is 17.2 Å². The minimum Gasteiger partial charge on any atom is -0.478 e. The number of nitrogens with zero attached hydrogens (tertiary/aromatic N) is 2. The maximum atomic E-state index is 11.1. The average Bonchev–Trinajstić information content (AvgIpc) is 2.24. The first-order chi connectivity index (χ1) is 7.95. The van der Waals surface area contributed by atoms with Crippen LogP contribution in [0, 0.1) is 13.8 Å². The Labute approximate surface area is 103 Å². The number of carboxylic acid groups (broad SMARTS) is 1. The van der Waals surface area contributed by atoms with Crippen molar-refractivity contribution in [1.29, 1.82) is 0 Å². The molecule has 7 heteroatoms. The predicted octanol–water partition coefficient (Wildman–Crippen LogP) is 0.630. The summed E-state index contributed by atoms with van der Waals surface area (Å²) in [5, 5.41) is 11.9. The van der Waals surface area contributed by atoms with Crippen molar-refractivity contribution in [1.82, 2.24) is 15.3 Å². The standard InChI is InChI=1S/C10H13N3O3S/c1-5-8(10(15)16)9(13-6(2)12-5)17-4-7(14)11-3/h4H2,1-3H3,(H,11,14)(H,15,16). The third-order valence-corrected chi connectivity index (χ3v) is 2.98. The van der Waals surface area contributed by atoms with E-state index in [1.807, 2.05) is 0 Å². The third-order valence-electron chi connectivity index (χ3n) is 2.00. The fourth-order valence-electron chi connectivity index (χ4n) is 1.24. The Morgan fingerprint density at radius 1 is 1.35 bits per heavy atom. The lowest BCUT2D eigenvalue weighted by Crippen LogP contribution is -2.20. The van der Waals surface area contributed by atoms with Gasteiger partial charge >= 0.3 is 5.97 Å². The van der Waals surface area contributed by atoms with Crippen LogP contribution < -0.4 is 5.32 Å². The highest BCUT2D eigenvalue weighted by atomic mass is 32.2. The van der Waals surface area contributed by atoms with Gasteiger partial charge in [-0.25, -0.2) is 14.8 Å². The summed E-state index contributed by atoms with van der Waals surface area (Å²) in [6.07, 6.45) is 0. The van der Waals surface area contributed by atoms with Crippen molar-refractivity contribution in [2.45, 2.75) is 18.9 Å². The van der Waals surface area contributed by atoms with E-state index < -0.39 is 5.97 Å². The van der Waals surface area contributed by atoms with Gasteiger partial charge in [0.25, 0.3) is 0 Å². The Kier molecular flexibility index (Phi) is 4.45. The summed E-state index contributed by atoms with van der Waals surface area (Å²) >= 11 is 1.09. The number of hydrogen-bond donors (Lipinski definition) is 2. The largest absolute Gasteiger partial charge is 0.478 e. The zero-order chi connectivity index (χ0) is 13.0. The summed E-state index contributed by atoms with van der Waals surface area (Å²) in [6.45, 7) is 3.30. The van der Waals surface area contributed by atoms with Crippen molar-refractivity contribution in [3.05, 3.63) is 17.1 Å². The van der Waals surface area contributed by atoms with Gasteiger partial charge in [-0.15, -0.1) is 0 Å². The molecule has 1 rings (SSSR count). The van der Waals surface area contributed by atoms with Crippen LogP contribution in [0.5, 0.6) is 0 Å². The Morgan fingerprint density at radius 3 is 2.53 bits per heavy atom. The second-order valence-corrected chi connectivity index (χ2v) is 4.27. The maximum absolute atomic E-state index is 11.1. The summed E-state index contributed by atoms with van der Waals surface area (Å²) in [7, 11) is 1.53. The average molecular weight is 255 g/mol. The minimum absolute atomic E-state index is 0.0597. The van der Waals surface area contributed by atoms with Gasteiger partial charge in [0.15, 0.2) is 0 Å². The van der Waals surface area contributed by atoms with Crippen molar-refractivity contribution >= 4 is 23.6 Å². The van der Waals surface area contributed by atoms with Crippen LogP contribution >= 0.6 is 11.8 Å². The molecule has 0 aliphatic rings. The molecule has 0 saturated heterocycles. The van der Waals surface area contributed by atoms with Gasteiger partial charge in [0, 0.05) is 7.05 Å². The molecule has 0 aliphatic carbocycles. The summed E-state index contributed by atoms with van der Waals surface area (Å²) in [5.41, 5.74) is 0.467. The van der Waals surface area contributed by atoms with Crippen LogP contribution in [-0.4, -0.2) is 39.8 Å². The van der Waals surface area contributed by atoms with E-state index in [9.17, 15) is 9.59 Å². The van der Waals surface area contributed by atoms with Crippen LogP contribution in [0.1, 0.15) is 21.9 Å². The monoisotopic (exact) mass is 255 g/mol. The molecule has 1 heterocycles. The molecule has 0 atom stereocenters. The molecule has 0 unspecified atom stereocenters. The molecule has 0 saturated carbocycles.